The second kappa shape index (κ2) is 14.6. The van der Waals surface area contributed by atoms with Crippen LogP contribution in [0.1, 0.15) is 24.0 Å². The largest absolute Gasteiger partial charge is 0.355 e. The minimum atomic E-state index is -0.289. The second-order valence-electron chi connectivity index (χ2n) is 10.4. The first-order chi connectivity index (χ1) is 19.2. The molecule has 4 aromatic carbocycles. The molecule has 1 aliphatic heterocycles. The van der Waals surface area contributed by atoms with E-state index in [4.69, 9.17) is 0 Å². The Labute approximate surface area is 243 Å². The van der Waals surface area contributed by atoms with Crippen LogP contribution in [0.15, 0.2) is 109 Å². The monoisotopic (exact) mass is 552 g/mol. The van der Waals surface area contributed by atoms with Crippen molar-refractivity contribution in [2.24, 2.45) is 11.8 Å². The quantitative estimate of drug-likeness (QED) is 0.222. The zero-order chi connectivity index (χ0) is 26.9. The van der Waals surface area contributed by atoms with E-state index in [0.29, 0.717) is 26.1 Å². The van der Waals surface area contributed by atoms with Crippen molar-refractivity contribution in [3.63, 3.8) is 0 Å². The summed E-state index contributed by atoms with van der Waals surface area (Å²) in [6.07, 6.45) is 2.93. The highest BCUT2D eigenvalue weighted by Crippen LogP contribution is 2.23. The van der Waals surface area contributed by atoms with E-state index in [2.05, 4.69) is 83.4 Å². The predicted molar refractivity (Wildman–Crippen MR) is 166 cm³/mol. The summed E-state index contributed by atoms with van der Waals surface area (Å²) < 4.78 is 0. The molecule has 0 aromatic heterocycles. The van der Waals surface area contributed by atoms with Crippen LogP contribution in [0.4, 0.5) is 0 Å². The van der Waals surface area contributed by atoms with Gasteiger partial charge >= 0.3 is 0 Å². The molecule has 2 atom stereocenters. The molecule has 0 bridgehead atoms. The standard InChI is InChI=1S/C35H36N2O2.ClH/c38-34(13-7-8-26-14-18-30(19-15-26)28-9-3-1-4-10-28)32-24-36-25-33(32)35(39)37-23-22-27-16-20-31(21-17-27)29-11-5-2-6-12-29;/h1-6,9-12,14-21,32-33,36H,7-8,13,22-25H2,(H,37,39);1H/t32-,33-;/m1./s1. The Kier molecular flexibility index (Phi) is 10.7. The number of hydrogen-bond acceptors (Lipinski definition) is 3. The third-order valence-corrected chi connectivity index (χ3v) is 7.69. The lowest BCUT2D eigenvalue weighted by Crippen LogP contribution is -2.38. The van der Waals surface area contributed by atoms with Gasteiger partial charge in [-0.15, -0.1) is 12.4 Å². The minimum absolute atomic E-state index is 0. The molecule has 5 heteroatoms. The summed E-state index contributed by atoms with van der Waals surface area (Å²) in [5.41, 5.74) is 7.21. The number of benzene rings is 4. The third kappa shape index (κ3) is 7.68. The molecule has 1 aliphatic rings. The molecule has 0 spiro atoms. The van der Waals surface area contributed by atoms with Gasteiger partial charge in [-0.3, -0.25) is 9.59 Å². The highest BCUT2D eigenvalue weighted by molar-refractivity contribution is 5.89. The van der Waals surface area contributed by atoms with E-state index in [1.807, 2.05) is 36.4 Å². The molecular weight excluding hydrogens is 516 g/mol. The van der Waals surface area contributed by atoms with Gasteiger partial charge in [-0.25, -0.2) is 0 Å². The van der Waals surface area contributed by atoms with Gasteiger partial charge in [0.2, 0.25) is 5.91 Å². The van der Waals surface area contributed by atoms with Gasteiger partial charge in [0.25, 0.3) is 0 Å². The van der Waals surface area contributed by atoms with Gasteiger partial charge in [0, 0.05) is 32.0 Å². The number of carbonyl (C=O) groups is 2. The third-order valence-electron chi connectivity index (χ3n) is 7.69. The van der Waals surface area contributed by atoms with E-state index >= 15 is 0 Å². The van der Waals surface area contributed by atoms with Gasteiger partial charge in [-0.05, 0) is 52.6 Å². The second-order valence-corrected chi connectivity index (χ2v) is 10.4. The van der Waals surface area contributed by atoms with Gasteiger partial charge in [0.15, 0.2) is 0 Å². The molecule has 206 valence electrons. The maximum atomic E-state index is 13.0. The Balaban J connectivity index is 0.00000370. The summed E-state index contributed by atoms with van der Waals surface area (Å²) >= 11 is 0. The summed E-state index contributed by atoms with van der Waals surface area (Å²) in [6, 6.07) is 37.7. The van der Waals surface area contributed by atoms with Crippen LogP contribution in [0.25, 0.3) is 22.3 Å². The zero-order valence-corrected chi connectivity index (χ0v) is 23.5. The maximum absolute atomic E-state index is 13.0. The molecule has 1 fully saturated rings. The van der Waals surface area contributed by atoms with E-state index in [1.165, 1.54) is 33.4 Å². The van der Waals surface area contributed by atoms with Gasteiger partial charge in [-0.2, -0.15) is 0 Å². The van der Waals surface area contributed by atoms with Crippen LogP contribution in [0.3, 0.4) is 0 Å². The summed E-state index contributed by atoms with van der Waals surface area (Å²) in [7, 11) is 0. The summed E-state index contributed by atoms with van der Waals surface area (Å²) in [5, 5.41) is 6.34. The summed E-state index contributed by atoms with van der Waals surface area (Å²) in [6.45, 7) is 1.72. The zero-order valence-electron chi connectivity index (χ0n) is 22.7. The molecule has 1 heterocycles. The van der Waals surface area contributed by atoms with Crippen molar-refractivity contribution in [3.05, 3.63) is 120 Å². The van der Waals surface area contributed by atoms with Crippen molar-refractivity contribution < 1.29 is 9.59 Å². The van der Waals surface area contributed by atoms with Crippen LogP contribution in [0.2, 0.25) is 0 Å². The first kappa shape index (κ1) is 29.3. The van der Waals surface area contributed by atoms with Crippen molar-refractivity contribution in [2.75, 3.05) is 19.6 Å². The lowest BCUT2D eigenvalue weighted by atomic mass is 9.88. The number of Topliss-reactive ketones (excluding diaryl/α,β-unsaturated/α-hetero) is 1. The van der Waals surface area contributed by atoms with Crippen LogP contribution in [-0.4, -0.2) is 31.3 Å². The number of aryl methyl sites for hydroxylation is 1. The van der Waals surface area contributed by atoms with Gasteiger partial charge in [0.05, 0.1) is 5.92 Å². The molecule has 2 N–H and O–H groups in total. The minimum Gasteiger partial charge on any atom is -0.355 e. The van der Waals surface area contributed by atoms with Crippen molar-refractivity contribution in [3.8, 4) is 22.3 Å². The predicted octanol–water partition coefficient (Wildman–Crippen LogP) is 6.53. The molecule has 4 nitrogen and oxygen atoms in total. The number of ketones is 1. The molecule has 0 saturated carbocycles. The fraction of sp³-hybridized carbons (Fsp3) is 0.257. The first-order valence-corrected chi connectivity index (χ1v) is 14.0. The van der Waals surface area contributed by atoms with Gasteiger partial charge in [0.1, 0.15) is 5.78 Å². The van der Waals surface area contributed by atoms with E-state index in [-0.39, 0.29) is 35.9 Å². The first-order valence-electron chi connectivity index (χ1n) is 14.0. The normalized spacial score (nSPS) is 16.2. The highest BCUT2D eigenvalue weighted by atomic mass is 35.5. The van der Waals surface area contributed by atoms with Crippen LogP contribution < -0.4 is 10.6 Å². The lowest BCUT2D eigenvalue weighted by molar-refractivity contribution is -0.131. The van der Waals surface area contributed by atoms with Crippen molar-refractivity contribution in [1.82, 2.24) is 10.6 Å². The van der Waals surface area contributed by atoms with Crippen molar-refractivity contribution in [1.29, 1.82) is 0 Å². The van der Waals surface area contributed by atoms with E-state index in [9.17, 15) is 9.59 Å². The van der Waals surface area contributed by atoms with Crippen molar-refractivity contribution >= 4 is 24.1 Å². The van der Waals surface area contributed by atoms with Crippen LogP contribution in [-0.2, 0) is 22.4 Å². The average molecular weight is 553 g/mol. The Hall–Kier alpha value is -3.73. The maximum Gasteiger partial charge on any atom is 0.225 e. The Morgan fingerprint density at radius 3 is 1.65 bits per heavy atom. The number of hydrogen-bond donors (Lipinski definition) is 2. The molecule has 5 rings (SSSR count). The smallest absolute Gasteiger partial charge is 0.225 e. The summed E-state index contributed by atoms with van der Waals surface area (Å²) in [4.78, 5) is 25.9. The van der Waals surface area contributed by atoms with Crippen LogP contribution in [0, 0.1) is 11.8 Å². The SMILES string of the molecule is Cl.O=C(CCCc1ccc(-c2ccccc2)cc1)[C@@H]1CNC[C@H]1C(=O)NCCc1ccc(-c2ccccc2)cc1. The Bertz CT molecular complexity index is 1250. The Morgan fingerprint density at radius 2 is 1.10 bits per heavy atom. The summed E-state index contributed by atoms with van der Waals surface area (Å²) in [5.74, 6) is -0.355. The highest BCUT2D eigenvalue weighted by Gasteiger charge is 2.36. The molecule has 1 amide bonds. The van der Waals surface area contributed by atoms with E-state index < -0.39 is 0 Å². The fourth-order valence-corrected chi connectivity index (χ4v) is 5.39. The lowest BCUT2D eigenvalue weighted by Gasteiger charge is -2.17. The average Bonchev–Trinajstić information content (AvgIpc) is 3.49. The molecule has 0 radical (unpaired) electrons. The number of halogens is 1. The molecule has 1 saturated heterocycles. The molecule has 40 heavy (non-hydrogen) atoms. The van der Waals surface area contributed by atoms with Gasteiger partial charge < -0.3 is 10.6 Å². The van der Waals surface area contributed by atoms with Crippen LogP contribution >= 0.6 is 12.4 Å². The van der Waals surface area contributed by atoms with Gasteiger partial charge in [-0.1, -0.05) is 109 Å². The van der Waals surface area contributed by atoms with E-state index in [0.717, 1.165) is 19.3 Å². The molecular formula is C35H37ClN2O2. The van der Waals surface area contributed by atoms with E-state index in [1.54, 1.807) is 0 Å². The molecule has 0 unspecified atom stereocenters. The number of nitrogens with one attached hydrogen (secondary N) is 2. The number of carbonyl (C=O) groups excluding carboxylic acids is 2. The topological polar surface area (TPSA) is 58.2 Å². The number of rotatable bonds is 11. The molecule has 4 aromatic rings. The van der Waals surface area contributed by atoms with Crippen molar-refractivity contribution in [2.45, 2.75) is 25.7 Å². The number of amides is 1. The fourth-order valence-electron chi connectivity index (χ4n) is 5.39. The Morgan fingerprint density at radius 1 is 0.625 bits per heavy atom. The van der Waals surface area contributed by atoms with Crippen LogP contribution in [0.5, 0.6) is 0 Å². The molecule has 0 aliphatic carbocycles.